The largest absolute Gasteiger partial charge is 0.457 e. The van der Waals surface area contributed by atoms with Crippen molar-refractivity contribution in [2.24, 2.45) is 0 Å². The topological polar surface area (TPSA) is 21.3 Å². The zero-order chi connectivity index (χ0) is 14.4. The molecule has 0 amide bonds. The molecular formula is C17H20INO. The van der Waals surface area contributed by atoms with Gasteiger partial charge < -0.3 is 10.1 Å². The Labute approximate surface area is 134 Å². The van der Waals surface area contributed by atoms with Crippen LogP contribution in [0.5, 0.6) is 11.5 Å². The molecule has 0 heterocycles. The monoisotopic (exact) mass is 381 g/mol. The van der Waals surface area contributed by atoms with Crippen LogP contribution in [-0.4, -0.2) is 6.54 Å². The molecule has 2 aromatic rings. The number of halogens is 1. The number of benzene rings is 2. The van der Waals surface area contributed by atoms with Crippen LogP contribution in [0.3, 0.4) is 0 Å². The maximum atomic E-state index is 5.86. The van der Waals surface area contributed by atoms with E-state index in [-0.39, 0.29) is 0 Å². The van der Waals surface area contributed by atoms with Crippen molar-refractivity contribution in [2.75, 3.05) is 6.54 Å². The van der Waals surface area contributed by atoms with Gasteiger partial charge in [0.1, 0.15) is 11.5 Å². The highest BCUT2D eigenvalue weighted by molar-refractivity contribution is 14.1. The lowest BCUT2D eigenvalue weighted by molar-refractivity contribution is 0.480. The molecule has 0 aliphatic rings. The van der Waals surface area contributed by atoms with Crippen LogP contribution >= 0.6 is 22.6 Å². The average molecular weight is 381 g/mol. The summed E-state index contributed by atoms with van der Waals surface area (Å²) in [5.41, 5.74) is 1.31. The number of nitrogens with one attached hydrogen (secondary N) is 1. The number of rotatable bonds is 6. The van der Waals surface area contributed by atoms with Crippen molar-refractivity contribution in [3.8, 4) is 11.5 Å². The Morgan fingerprint density at radius 1 is 1.05 bits per heavy atom. The Balaban J connectivity index is 2.08. The van der Waals surface area contributed by atoms with Gasteiger partial charge in [0.2, 0.25) is 0 Å². The van der Waals surface area contributed by atoms with E-state index in [1.165, 1.54) is 9.13 Å². The van der Waals surface area contributed by atoms with Crippen LogP contribution in [0.2, 0.25) is 0 Å². The van der Waals surface area contributed by atoms with Crippen LogP contribution < -0.4 is 10.1 Å². The van der Waals surface area contributed by atoms with Crippen molar-refractivity contribution in [3.63, 3.8) is 0 Å². The molecule has 1 atom stereocenters. The molecule has 0 radical (unpaired) electrons. The van der Waals surface area contributed by atoms with E-state index in [2.05, 4.69) is 60.0 Å². The van der Waals surface area contributed by atoms with Crippen LogP contribution in [0, 0.1) is 3.57 Å². The van der Waals surface area contributed by atoms with E-state index in [0.717, 1.165) is 24.5 Å². The quantitative estimate of drug-likeness (QED) is 0.700. The lowest BCUT2D eigenvalue weighted by atomic mass is 10.0. The van der Waals surface area contributed by atoms with E-state index in [0.29, 0.717) is 6.04 Å². The van der Waals surface area contributed by atoms with Crippen LogP contribution in [0.4, 0.5) is 0 Å². The Hall–Kier alpha value is -1.07. The summed E-state index contributed by atoms with van der Waals surface area (Å²) in [5, 5.41) is 3.48. The zero-order valence-electron chi connectivity index (χ0n) is 11.9. The van der Waals surface area contributed by atoms with Gasteiger partial charge in [-0.05, 0) is 71.5 Å². The van der Waals surface area contributed by atoms with Gasteiger partial charge in [0.15, 0.2) is 0 Å². The van der Waals surface area contributed by atoms with Gasteiger partial charge in [0, 0.05) is 9.61 Å². The zero-order valence-corrected chi connectivity index (χ0v) is 14.1. The summed E-state index contributed by atoms with van der Waals surface area (Å²) < 4.78 is 7.04. The maximum absolute atomic E-state index is 5.86. The summed E-state index contributed by atoms with van der Waals surface area (Å²) in [4.78, 5) is 0. The fourth-order valence-corrected chi connectivity index (χ4v) is 2.69. The standard InChI is InChI=1S/C17H20INO/c1-3-17(19-4-2)13-8-10-15(11-9-13)20-16-7-5-6-14(18)12-16/h5-12,17,19H,3-4H2,1-2H3. The first kappa shape index (κ1) is 15.3. The van der Waals surface area contributed by atoms with Crippen molar-refractivity contribution >= 4 is 22.6 Å². The van der Waals surface area contributed by atoms with Gasteiger partial charge in [0.05, 0.1) is 0 Å². The van der Waals surface area contributed by atoms with Crippen molar-refractivity contribution in [1.82, 2.24) is 5.32 Å². The molecule has 0 aliphatic carbocycles. The molecule has 106 valence electrons. The Bertz CT molecular complexity index is 539. The van der Waals surface area contributed by atoms with E-state index in [1.807, 2.05) is 30.3 Å². The van der Waals surface area contributed by atoms with Crippen LogP contribution in [-0.2, 0) is 0 Å². The molecule has 0 spiro atoms. The van der Waals surface area contributed by atoms with E-state index >= 15 is 0 Å². The Morgan fingerprint density at radius 3 is 2.40 bits per heavy atom. The van der Waals surface area contributed by atoms with E-state index in [1.54, 1.807) is 0 Å². The van der Waals surface area contributed by atoms with Gasteiger partial charge >= 0.3 is 0 Å². The van der Waals surface area contributed by atoms with Gasteiger partial charge in [-0.1, -0.05) is 32.0 Å². The molecule has 3 heteroatoms. The molecular weight excluding hydrogens is 361 g/mol. The minimum atomic E-state index is 0.423. The molecule has 2 rings (SSSR count). The van der Waals surface area contributed by atoms with E-state index in [4.69, 9.17) is 4.74 Å². The molecule has 0 aromatic heterocycles. The molecule has 0 saturated carbocycles. The van der Waals surface area contributed by atoms with Gasteiger partial charge in [-0.2, -0.15) is 0 Å². The Morgan fingerprint density at radius 2 is 1.80 bits per heavy atom. The van der Waals surface area contributed by atoms with Gasteiger partial charge in [-0.3, -0.25) is 0 Å². The first-order chi connectivity index (χ1) is 9.72. The highest BCUT2D eigenvalue weighted by atomic mass is 127. The second-order valence-corrected chi connectivity index (χ2v) is 5.89. The first-order valence-corrected chi connectivity index (χ1v) is 8.07. The summed E-state index contributed by atoms with van der Waals surface area (Å²) in [6, 6.07) is 16.8. The summed E-state index contributed by atoms with van der Waals surface area (Å²) in [5.74, 6) is 1.76. The van der Waals surface area contributed by atoms with Crippen molar-refractivity contribution in [2.45, 2.75) is 26.3 Å². The molecule has 2 aromatic carbocycles. The predicted octanol–water partition coefficient (Wildman–Crippen LogP) is 5.14. The minimum absolute atomic E-state index is 0.423. The maximum Gasteiger partial charge on any atom is 0.128 e. The molecule has 0 aliphatic heterocycles. The summed E-state index contributed by atoms with van der Waals surface area (Å²) in [6.45, 7) is 5.32. The van der Waals surface area contributed by atoms with Crippen molar-refractivity contribution in [1.29, 1.82) is 0 Å². The average Bonchev–Trinajstić information content (AvgIpc) is 2.46. The normalized spacial score (nSPS) is 12.2. The molecule has 0 bridgehead atoms. The molecule has 0 fully saturated rings. The third kappa shape index (κ3) is 4.21. The lowest BCUT2D eigenvalue weighted by Crippen LogP contribution is -2.19. The third-order valence-electron chi connectivity index (χ3n) is 3.17. The summed E-state index contributed by atoms with van der Waals surface area (Å²) in [7, 11) is 0. The first-order valence-electron chi connectivity index (χ1n) is 6.99. The molecule has 2 nitrogen and oxygen atoms in total. The third-order valence-corrected chi connectivity index (χ3v) is 3.84. The fourth-order valence-electron chi connectivity index (χ4n) is 2.18. The number of hydrogen-bond acceptors (Lipinski definition) is 2. The lowest BCUT2D eigenvalue weighted by Gasteiger charge is -2.16. The predicted molar refractivity (Wildman–Crippen MR) is 92.4 cm³/mol. The SMILES string of the molecule is CCNC(CC)c1ccc(Oc2cccc(I)c2)cc1. The summed E-state index contributed by atoms with van der Waals surface area (Å²) in [6.07, 6.45) is 1.09. The fraction of sp³-hybridized carbons (Fsp3) is 0.294. The second kappa shape index (κ2) is 7.64. The minimum Gasteiger partial charge on any atom is -0.457 e. The van der Waals surface area contributed by atoms with Crippen LogP contribution in [0.25, 0.3) is 0 Å². The number of ether oxygens (including phenoxy) is 1. The van der Waals surface area contributed by atoms with E-state index in [9.17, 15) is 0 Å². The van der Waals surface area contributed by atoms with Crippen molar-refractivity contribution < 1.29 is 4.74 Å². The Kier molecular flexibility index (Phi) is 5.86. The molecule has 0 saturated heterocycles. The van der Waals surface area contributed by atoms with Gasteiger partial charge in [0.25, 0.3) is 0 Å². The smallest absolute Gasteiger partial charge is 0.128 e. The van der Waals surface area contributed by atoms with Crippen LogP contribution in [0.1, 0.15) is 31.9 Å². The highest BCUT2D eigenvalue weighted by Gasteiger charge is 2.07. The molecule has 1 unspecified atom stereocenters. The molecule has 1 N–H and O–H groups in total. The highest BCUT2D eigenvalue weighted by Crippen LogP contribution is 2.25. The molecule has 20 heavy (non-hydrogen) atoms. The van der Waals surface area contributed by atoms with E-state index < -0.39 is 0 Å². The number of hydrogen-bond donors (Lipinski definition) is 1. The summed E-state index contributed by atoms with van der Waals surface area (Å²) >= 11 is 2.29. The van der Waals surface area contributed by atoms with Crippen LogP contribution in [0.15, 0.2) is 48.5 Å². The second-order valence-electron chi connectivity index (χ2n) is 4.65. The van der Waals surface area contributed by atoms with Gasteiger partial charge in [-0.15, -0.1) is 0 Å². The van der Waals surface area contributed by atoms with Crippen molar-refractivity contribution in [3.05, 3.63) is 57.7 Å². The van der Waals surface area contributed by atoms with Gasteiger partial charge in [-0.25, -0.2) is 0 Å².